The maximum absolute atomic E-state index is 9.01. The Hall–Kier alpha value is -1.41. The van der Waals surface area contributed by atoms with Crippen LogP contribution >= 0.6 is 0 Å². The van der Waals surface area contributed by atoms with Crippen LogP contribution in [-0.2, 0) is 11.2 Å². The zero-order valence-electron chi connectivity index (χ0n) is 12.1. The standard InChI is InChI=1S/C15H22N4O/c1-11(12-3-2-4-12)19-15(13-6-9-20-10-7-13)14(5-8-16)17-18-19/h11-13H,2-7,9-10H2,1H3. The van der Waals surface area contributed by atoms with Gasteiger partial charge in [-0.05, 0) is 38.5 Å². The number of rotatable bonds is 4. The molecule has 0 aromatic carbocycles. The van der Waals surface area contributed by atoms with Crippen LogP contribution in [0.2, 0.25) is 0 Å². The lowest BCUT2D eigenvalue weighted by atomic mass is 9.80. The molecule has 0 radical (unpaired) electrons. The Morgan fingerprint density at radius 2 is 2.10 bits per heavy atom. The Morgan fingerprint density at radius 1 is 1.35 bits per heavy atom. The number of nitrogens with zero attached hydrogens (tertiary/aromatic N) is 4. The molecule has 1 aliphatic carbocycles. The highest BCUT2D eigenvalue weighted by Crippen LogP contribution is 2.38. The molecule has 3 rings (SSSR count). The van der Waals surface area contributed by atoms with Gasteiger partial charge in [0.25, 0.3) is 0 Å². The molecule has 1 saturated heterocycles. The van der Waals surface area contributed by atoms with E-state index < -0.39 is 0 Å². The van der Waals surface area contributed by atoms with E-state index in [9.17, 15) is 0 Å². The minimum atomic E-state index is 0.365. The zero-order chi connectivity index (χ0) is 13.9. The lowest BCUT2D eigenvalue weighted by Gasteiger charge is -2.33. The third-order valence-electron chi connectivity index (χ3n) is 4.88. The van der Waals surface area contributed by atoms with E-state index in [1.54, 1.807) is 0 Å². The monoisotopic (exact) mass is 274 g/mol. The Morgan fingerprint density at radius 3 is 2.70 bits per heavy atom. The van der Waals surface area contributed by atoms with Gasteiger partial charge >= 0.3 is 0 Å². The normalized spacial score (nSPS) is 22.2. The van der Waals surface area contributed by atoms with Gasteiger partial charge in [-0.2, -0.15) is 5.26 Å². The minimum Gasteiger partial charge on any atom is -0.381 e. The zero-order valence-corrected chi connectivity index (χ0v) is 12.1. The summed E-state index contributed by atoms with van der Waals surface area (Å²) in [6.45, 7) is 3.86. The van der Waals surface area contributed by atoms with Crippen molar-refractivity contribution in [3.05, 3.63) is 11.4 Å². The lowest BCUT2D eigenvalue weighted by molar-refractivity contribution is 0.0818. The first-order valence-electron chi connectivity index (χ1n) is 7.70. The Bertz CT molecular complexity index is 494. The number of aromatic nitrogens is 3. The van der Waals surface area contributed by atoms with Crippen molar-refractivity contribution >= 4 is 0 Å². The van der Waals surface area contributed by atoms with Crippen LogP contribution in [0.3, 0.4) is 0 Å². The second-order valence-electron chi connectivity index (χ2n) is 6.02. The Labute approximate surface area is 119 Å². The van der Waals surface area contributed by atoms with Gasteiger partial charge in [0.05, 0.1) is 24.2 Å². The molecule has 1 unspecified atom stereocenters. The van der Waals surface area contributed by atoms with Crippen LogP contribution in [0.5, 0.6) is 0 Å². The van der Waals surface area contributed by atoms with Gasteiger partial charge in [-0.1, -0.05) is 11.6 Å². The summed E-state index contributed by atoms with van der Waals surface area (Å²) in [5.74, 6) is 1.18. The highest BCUT2D eigenvalue weighted by atomic mass is 16.5. The van der Waals surface area contributed by atoms with E-state index in [2.05, 4.69) is 28.0 Å². The first kappa shape index (κ1) is 13.6. The number of hydrogen-bond donors (Lipinski definition) is 0. The molecule has 0 spiro atoms. The fourth-order valence-corrected chi connectivity index (χ4v) is 3.35. The van der Waals surface area contributed by atoms with Crippen LogP contribution in [0.25, 0.3) is 0 Å². The van der Waals surface area contributed by atoms with E-state index in [1.165, 1.54) is 25.0 Å². The molecule has 1 atom stereocenters. The molecule has 1 aromatic heterocycles. The molecular formula is C15H22N4O. The minimum absolute atomic E-state index is 0.365. The fraction of sp³-hybridized carbons (Fsp3) is 0.800. The second kappa shape index (κ2) is 5.92. The average Bonchev–Trinajstić information content (AvgIpc) is 2.82. The molecule has 0 N–H and O–H groups in total. The van der Waals surface area contributed by atoms with Crippen molar-refractivity contribution in [2.75, 3.05) is 13.2 Å². The summed E-state index contributed by atoms with van der Waals surface area (Å²) in [4.78, 5) is 0. The van der Waals surface area contributed by atoms with Crippen molar-refractivity contribution in [3.8, 4) is 6.07 Å². The fourth-order valence-electron chi connectivity index (χ4n) is 3.35. The summed E-state index contributed by atoms with van der Waals surface area (Å²) in [5, 5.41) is 17.7. The first-order valence-corrected chi connectivity index (χ1v) is 7.70. The van der Waals surface area contributed by atoms with Crippen LogP contribution in [0.1, 0.15) is 62.4 Å². The third-order valence-corrected chi connectivity index (χ3v) is 4.88. The molecule has 0 amide bonds. The lowest BCUT2D eigenvalue weighted by Crippen LogP contribution is -2.27. The van der Waals surface area contributed by atoms with Crippen molar-refractivity contribution in [1.82, 2.24) is 15.0 Å². The summed E-state index contributed by atoms with van der Waals surface area (Å²) in [6, 6.07) is 2.63. The summed E-state index contributed by atoms with van der Waals surface area (Å²) in [6.07, 6.45) is 6.32. The van der Waals surface area contributed by atoms with Crippen LogP contribution in [0, 0.1) is 17.2 Å². The summed E-state index contributed by atoms with van der Waals surface area (Å²) < 4.78 is 7.58. The van der Waals surface area contributed by atoms with Gasteiger partial charge in [-0.25, -0.2) is 4.68 Å². The maximum atomic E-state index is 9.01. The molecule has 1 aliphatic heterocycles. The highest BCUT2D eigenvalue weighted by Gasteiger charge is 2.31. The van der Waals surface area contributed by atoms with E-state index in [-0.39, 0.29) is 0 Å². The third kappa shape index (κ3) is 2.45. The van der Waals surface area contributed by atoms with E-state index in [0.717, 1.165) is 37.7 Å². The molecule has 108 valence electrons. The van der Waals surface area contributed by atoms with Crippen LogP contribution in [0.4, 0.5) is 0 Å². The summed E-state index contributed by atoms with van der Waals surface area (Å²) in [7, 11) is 0. The SMILES string of the molecule is CC(C1CCC1)n1nnc(CC#N)c1C1CCOCC1. The first-order chi connectivity index (χ1) is 9.81. The molecule has 5 heteroatoms. The largest absolute Gasteiger partial charge is 0.381 e. The smallest absolute Gasteiger partial charge is 0.100 e. The maximum Gasteiger partial charge on any atom is 0.100 e. The Kier molecular flexibility index (Phi) is 4.02. The Balaban J connectivity index is 1.90. The highest BCUT2D eigenvalue weighted by molar-refractivity contribution is 5.20. The van der Waals surface area contributed by atoms with Gasteiger partial charge in [0.2, 0.25) is 0 Å². The van der Waals surface area contributed by atoms with Gasteiger partial charge < -0.3 is 4.74 Å². The molecule has 20 heavy (non-hydrogen) atoms. The van der Waals surface area contributed by atoms with Crippen molar-refractivity contribution in [2.24, 2.45) is 5.92 Å². The molecule has 2 fully saturated rings. The predicted molar refractivity (Wildman–Crippen MR) is 74.2 cm³/mol. The van der Waals surface area contributed by atoms with Gasteiger partial charge in [0, 0.05) is 19.1 Å². The molecule has 1 aromatic rings. The van der Waals surface area contributed by atoms with Gasteiger partial charge in [0.15, 0.2) is 0 Å². The van der Waals surface area contributed by atoms with Gasteiger partial charge in [0.1, 0.15) is 5.69 Å². The number of hydrogen-bond acceptors (Lipinski definition) is 4. The van der Waals surface area contributed by atoms with Gasteiger partial charge in [-0.15, -0.1) is 5.10 Å². The topological polar surface area (TPSA) is 63.7 Å². The van der Waals surface area contributed by atoms with E-state index in [4.69, 9.17) is 10.00 Å². The van der Waals surface area contributed by atoms with Crippen LogP contribution < -0.4 is 0 Å². The van der Waals surface area contributed by atoms with Crippen LogP contribution in [0.15, 0.2) is 0 Å². The summed E-state index contributed by atoms with van der Waals surface area (Å²) in [5.41, 5.74) is 2.08. The van der Waals surface area contributed by atoms with Crippen molar-refractivity contribution in [3.63, 3.8) is 0 Å². The molecule has 2 heterocycles. The second-order valence-corrected chi connectivity index (χ2v) is 6.02. The van der Waals surface area contributed by atoms with E-state index >= 15 is 0 Å². The molecular weight excluding hydrogens is 252 g/mol. The summed E-state index contributed by atoms with van der Waals surface area (Å²) >= 11 is 0. The number of nitriles is 1. The molecule has 5 nitrogen and oxygen atoms in total. The van der Waals surface area contributed by atoms with E-state index in [1.807, 2.05) is 0 Å². The van der Waals surface area contributed by atoms with Crippen LogP contribution in [-0.4, -0.2) is 28.2 Å². The van der Waals surface area contributed by atoms with Crippen molar-refractivity contribution in [2.45, 2.75) is 57.4 Å². The molecule has 0 bridgehead atoms. The van der Waals surface area contributed by atoms with Crippen molar-refractivity contribution in [1.29, 1.82) is 5.26 Å². The molecule has 2 aliphatic rings. The molecule has 1 saturated carbocycles. The van der Waals surface area contributed by atoms with Crippen molar-refractivity contribution < 1.29 is 4.74 Å². The van der Waals surface area contributed by atoms with Gasteiger partial charge in [-0.3, -0.25) is 0 Å². The predicted octanol–water partition coefficient (Wildman–Crippen LogP) is 2.60. The average molecular weight is 274 g/mol. The quantitative estimate of drug-likeness (QED) is 0.846. The number of ether oxygens (including phenoxy) is 1. The van der Waals surface area contributed by atoms with E-state index in [0.29, 0.717) is 18.4 Å².